The van der Waals surface area contributed by atoms with Gasteiger partial charge in [0.25, 0.3) is 5.69 Å². The highest BCUT2D eigenvalue weighted by Crippen LogP contribution is 2.28. The predicted molar refractivity (Wildman–Crippen MR) is 97.7 cm³/mol. The van der Waals surface area contributed by atoms with Crippen LogP contribution in [0, 0.1) is 10.1 Å². The summed E-state index contributed by atoms with van der Waals surface area (Å²) in [6, 6.07) is 5.99. The Hall–Kier alpha value is -3.07. The zero-order chi connectivity index (χ0) is 18.7. The monoisotopic (exact) mass is 372 g/mol. The van der Waals surface area contributed by atoms with E-state index in [1.807, 2.05) is 0 Å². The first-order chi connectivity index (χ1) is 12.4. The fraction of sp³-hybridized carbons (Fsp3) is 0.235. The van der Waals surface area contributed by atoms with Crippen LogP contribution in [0.2, 0.25) is 0 Å². The molecule has 3 rings (SSSR count). The number of aromatic nitrogens is 1. The summed E-state index contributed by atoms with van der Waals surface area (Å²) in [5.41, 5.74) is 1.65. The van der Waals surface area contributed by atoms with E-state index in [9.17, 15) is 19.7 Å². The van der Waals surface area contributed by atoms with Gasteiger partial charge in [-0.3, -0.25) is 19.7 Å². The maximum atomic E-state index is 12.4. The molecule has 1 aliphatic rings. The van der Waals surface area contributed by atoms with E-state index in [-0.39, 0.29) is 17.5 Å². The summed E-state index contributed by atoms with van der Waals surface area (Å²) in [4.78, 5) is 40.7. The molecule has 2 amide bonds. The fourth-order valence-electron chi connectivity index (χ4n) is 2.57. The summed E-state index contributed by atoms with van der Waals surface area (Å²) < 4.78 is 0. The number of carbonyl (C=O) groups is 2. The minimum absolute atomic E-state index is 0.0113. The fourth-order valence-corrected chi connectivity index (χ4v) is 3.64. The number of hydrogen-bond acceptors (Lipinski definition) is 6. The van der Waals surface area contributed by atoms with Crippen molar-refractivity contribution in [3.63, 3.8) is 0 Å². The Morgan fingerprint density at radius 1 is 1.35 bits per heavy atom. The molecule has 1 aromatic heterocycles. The molecule has 0 atom stereocenters. The maximum Gasteiger partial charge on any atom is 0.269 e. The Labute approximate surface area is 153 Å². The maximum absolute atomic E-state index is 12.4. The van der Waals surface area contributed by atoms with E-state index in [0.717, 1.165) is 10.6 Å². The molecular weight excluding hydrogens is 356 g/mol. The molecule has 8 nitrogen and oxygen atoms in total. The summed E-state index contributed by atoms with van der Waals surface area (Å²) in [5, 5.41) is 13.9. The SMILES string of the molecule is CC(=O)Nc1nc2c(s1)CN(C(=O)/C=C/c1ccc([N+](=O)[O-])cc1)CC2. The first kappa shape index (κ1) is 17.7. The highest BCUT2D eigenvalue weighted by atomic mass is 32.1. The molecule has 9 heteroatoms. The summed E-state index contributed by atoms with van der Waals surface area (Å²) in [5.74, 6) is -0.307. The lowest BCUT2D eigenvalue weighted by atomic mass is 10.1. The van der Waals surface area contributed by atoms with Gasteiger partial charge in [0.1, 0.15) is 0 Å². The first-order valence-electron chi connectivity index (χ1n) is 7.90. The molecule has 1 N–H and O–H groups in total. The Kier molecular flexibility index (Phi) is 5.08. The Morgan fingerprint density at radius 3 is 2.73 bits per heavy atom. The summed E-state index contributed by atoms with van der Waals surface area (Å²) in [7, 11) is 0. The van der Waals surface area contributed by atoms with Gasteiger partial charge in [0.15, 0.2) is 5.13 Å². The smallest absolute Gasteiger partial charge is 0.269 e. The highest BCUT2D eigenvalue weighted by Gasteiger charge is 2.23. The number of fused-ring (bicyclic) bond motifs is 1. The van der Waals surface area contributed by atoms with Crippen molar-refractivity contribution in [1.82, 2.24) is 9.88 Å². The average Bonchev–Trinajstić information content (AvgIpc) is 3.00. The molecule has 1 aliphatic heterocycles. The van der Waals surface area contributed by atoms with Crippen molar-refractivity contribution >= 4 is 40.0 Å². The van der Waals surface area contributed by atoms with Gasteiger partial charge in [-0.1, -0.05) is 11.3 Å². The molecule has 0 aliphatic carbocycles. The third-order valence-electron chi connectivity index (χ3n) is 3.85. The zero-order valence-corrected chi connectivity index (χ0v) is 14.8. The van der Waals surface area contributed by atoms with Crippen molar-refractivity contribution in [1.29, 1.82) is 0 Å². The van der Waals surface area contributed by atoms with E-state index >= 15 is 0 Å². The lowest BCUT2D eigenvalue weighted by molar-refractivity contribution is -0.384. The molecule has 26 heavy (non-hydrogen) atoms. The lowest BCUT2D eigenvalue weighted by Crippen LogP contribution is -2.34. The van der Waals surface area contributed by atoms with Gasteiger partial charge in [-0.25, -0.2) is 4.98 Å². The number of non-ortho nitro benzene ring substituents is 1. The molecule has 2 aromatic rings. The zero-order valence-electron chi connectivity index (χ0n) is 14.0. The van der Waals surface area contributed by atoms with Crippen molar-refractivity contribution in [2.24, 2.45) is 0 Å². The molecule has 0 unspecified atom stereocenters. The molecule has 134 valence electrons. The minimum atomic E-state index is -0.464. The number of hydrogen-bond donors (Lipinski definition) is 1. The number of nitrogens with zero attached hydrogens (tertiary/aromatic N) is 3. The molecule has 0 bridgehead atoms. The van der Waals surface area contributed by atoms with Gasteiger partial charge in [-0.2, -0.15) is 0 Å². The minimum Gasteiger partial charge on any atom is -0.334 e. The standard InChI is InChI=1S/C17H16N4O4S/c1-11(22)18-17-19-14-8-9-20(10-15(14)26-17)16(23)7-4-12-2-5-13(6-3-12)21(24)25/h2-7H,8-10H2,1H3,(H,18,19,22)/b7-4+. The van der Waals surface area contributed by atoms with Crippen molar-refractivity contribution in [3.8, 4) is 0 Å². The number of thiazole rings is 1. The van der Waals surface area contributed by atoms with Gasteiger partial charge in [0, 0.05) is 43.0 Å². The second-order valence-corrected chi connectivity index (χ2v) is 6.85. The van der Waals surface area contributed by atoms with Crippen LogP contribution in [0.15, 0.2) is 30.3 Å². The number of nitro groups is 1. The van der Waals surface area contributed by atoms with Crippen LogP contribution in [0.25, 0.3) is 6.08 Å². The first-order valence-corrected chi connectivity index (χ1v) is 8.71. The topological polar surface area (TPSA) is 105 Å². The highest BCUT2D eigenvalue weighted by molar-refractivity contribution is 7.15. The number of benzene rings is 1. The van der Waals surface area contributed by atoms with E-state index in [1.165, 1.54) is 36.5 Å². The summed E-state index contributed by atoms with van der Waals surface area (Å²) in [6.07, 6.45) is 3.74. The lowest BCUT2D eigenvalue weighted by Gasteiger charge is -2.24. The quantitative estimate of drug-likeness (QED) is 0.504. The third kappa shape index (κ3) is 4.12. The Bertz CT molecular complexity index is 889. The number of anilines is 1. The largest absolute Gasteiger partial charge is 0.334 e. The van der Waals surface area contributed by atoms with E-state index in [1.54, 1.807) is 23.1 Å². The molecule has 0 saturated carbocycles. The second-order valence-electron chi connectivity index (χ2n) is 5.76. The van der Waals surface area contributed by atoms with E-state index in [4.69, 9.17) is 0 Å². The van der Waals surface area contributed by atoms with Crippen molar-refractivity contribution in [3.05, 3.63) is 56.6 Å². The molecule has 0 saturated heterocycles. The third-order valence-corrected chi connectivity index (χ3v) is 4.85. The van der Waals surface area contributed by atoms with Gasteiger partial charge < -0.3 is 10.2 Å². The number of rotatable bonds is 4. The predicted octanol–water partition coefficient (Wildman–Crippen LogP) is 2.61. The summed E-state index contributed by atoms with van der Waals surface area (Å²) in [6.45, 7) is 2.44. The Morgan fingerprint density at radius 2 is 2.08 bits per heavy atom. The summed E-state index contributed by atoms with van der Waals surface area (Å²) >= 11 is 1.38. The van der Waals surface area contributed by atoms with E-state index < -0.39 is 4.92 Å². The number of amides is 2. The van der Waals surface area contributed by atoms with E-state index in [2.05, 4.69) is 10.3 Å². The van der Waals surface area contributed by atoms with Crippen LogP contribution in [0.4, 0.5) is 10.8 Å². The van der Waals surface area contributed by atoms with Crippen molar-refractivity contribution in [2.75, 3.05) is 11.9 Å². The molecule has 0 radical (unpaired) electrons. The van der Waals surface area contributed by atoms with Gasteiger partial charge in [0.05, 0.1) is 17.2 Å². The van der Waals surface area contributed by atoms with Gasteiger partial charge in [-0.15, -0.1) is 0 Å². The normalized spacial score (nSPS) is 13.5. The van der Waals surface area contributed by atoms with Crippen LogP contribution < -0.4 is 5.32 Å². The molecule has 0 spiro atoms. The molecule has 0 fully saturated rings. The van der Waals surface area contributed by atoms with Gasteiger partial charge in [-0.05, 0) is 23.8 Å². The second kappa shape index (κ2) is 7.44. The average molecular weight is 372 g/mol. The molecule has 1 aromatic carbocycles. The van der Waals surface area contributed by atoms with Crippen LogP contribution >= 0.6 is 11.3 Å². The van der Waals surface area contributed by atoms with Crippen molar-refractivity contribution < 1.29 is 14.5 Å². The van der Waals surface area contributed by atoms with Crippen molar-refractivity contribution in [2.45, 2.75) is 19.9 Å². The van der Waals surface area contributed by atoms with Gasteiger partial charge in [0.2, 0.25) is 11.8 Å². The molecular formula is C17H16N4O4S. The number of carbonyl (C=O) groups excluding carboxylic acids is 2. The number of nitrogens with one attached hydrogen (secondary N) is 1. The Balaban J connectivity index is 1.64. The van der Waals surface area contributed by atoms with Crippen LogP contribution in [-0.2, 0) is 22.6 Å². The van der Waals surface area contributed by atoms with Crippen LogP contribution in [0.5, 0.6) is 0 Å². The number of nitro benzene ring substituents is 1. The van der Waals surface area contributed by atoms with E-state index in [0.29, 0.717) is 30.2 Å². The van der Waals surface area contributed by atoms with Crippen LogP contribution in [0.3, 0.4) is 0 Å². The van der Waals surface area contributed by atoms with Gasteiger partial charge >= 0.3 is 0 Å². The van der Waals surface area contributed by atoms with Crippen LogP contribution in [-0.4, -0.2) is 33.2 Å². The molecule has 2 heterocycles. The van der Waals surface area contributed by atoms with Crippen LogP contribution in [0.1, 0.15) is 23.1 Å².